The van der Waals surface area contributed by atoms with Crippen LogP contribution in [0.5, 0.6) is 5.75 Å². The van der Waals surface area contributed by atoms with Crippen LogP contribution in [0.4, 0.5) is 5.69 Å². The minimum atomic E-state index is -0.245. The molecule has 2 heterocycles. The second kappa shape index (κ2) is 5.53. The van der Waals surface area contributed by atoms with Crippen molar-refractivity contribution in [3.05, 3.63) is 59.9 Å². The van der Waals surface area contributed by atoms with Gasteiger partial charge in [0.25, 0.3) is 5.91 Å². The number of amides is 1. The van der Waals surface area contributed by atoms with Crippen molar-refractivity contribution in [1.82, 2.24) is 0 Å². The lowest BCUT2D eigenvalue weighted by Gasteiger charge is -2.28. The molecule has 0 fully saturated rings. The van der Waals surface area contributed by atoms with Crippen LogP contribution < -0.4 is 9.64 Å². The summed E-state index contributed by atoms with van der Waals surface area (Å²) in [6, 6.07) is 14.4. The first-order valence-electron chi connectivity index (χ1n) is 7.69. The lowest BCUT2D eigenvalue weighted by atomic mass is 9.99. The maximum Gasteiger partial charge on any atom is 0.294 e. The molecule has 0 saturated heterocycles. The molecular weight excluding hydrogens is 306 g/mol. The van der Waals surface area contributed by atoms with Crippen LogP contribution in [0.3, 0.4) is 0 Å². The highest BCUT2D eigenvalue weighted by molar-refractivity contribution is 6.13. The van der Waals surface area contributed by atoms with Crippen molar-refractivity contribution in [1.29, 1.82) is 0 Å². The van der Waals surface area contributed by atoms with E-state index < -0.39 is 0 Å². The molecule has 2 aromatic carbocycles. The fourth-order valence-electron chi connectivity index (χ4n) is 3.00. The number of nitrogens with zero attached hydrogens (tertiary/aromatic N) is 1. The molecule has 0 spiro atoms. The number of carbonyl (C=O) groups excluding carboxylic acids is 2. The summed E-state index contributed by atoms with van der Waals surface area (Å²) in [6.45, 7) is 0.341. The molecule has 120 valence electrons. The molecule has 1 aliphatic rings. The SMILES string of the molecule is COc1ccc2c(c1)C(=O)CCN2C(=O)c1cc2ccccc2o1. The molecule has 0 aliphatic carbocycles. The molecule has 0 radical (unpaired) electrons. The van der Waals surface area contributed by atoms with Gasteiger partial charge in [-0.3, -0.25) is 9.59 Å². The second-order valence-corrected chi connectivity index (χ2v) is 5.66. The van der Waals surface area contributed by atoms with E-state index in [1.54, 1.807) is 36.3 Å². The molecule has 24 heavy (non-hydrogen) atoms. The third kappa shape index (κ3) is 2.25. The molecule has 5 nitrogen and oxygen atoms in total. The second-order valence-electron chi connectivity index (χ2n) is 5.66. The molecule has 5 heteroatoms. The van der Waals surface area contributed by atoms with E-state index in [9.17, 15) is 9.59 Å². The molecule has 4 rings (SSSR count). The highest BCUT2D eigenvalue weighted by atomic mass is 16.5. The van der Waals surface area contributed by atoms with Gasteiger partial charge in [-0.05, 0) is 30.3 Å². The Bertz CT molecular complexity index is 924. The average molecular weight is 321 g/mol. The van der Waals surface area contributed by atoms with Crippen molar-refractivity contribution >= 4 is 28.3 Å². The van der Waals surface area contributed by atoms with Crippen LogP contribution in [0.15, 0.2) is 52.9 Å². The predicted octanol–water partition coefficient (Wildman–Crippen LogP) is 3.67. The normalized spacial score (nSPS) is 13.9. The number of ether oxygens (including phenoxy) is 1. The number of methoxy groups -OCH3 is 1. The Morgan fingerprint density at radius 1 is 1.17 bits per heavy atom. The van der Waals surface area contributed by atoms with Crippen molar-refractivity contribution in [2.45, 2.75) is 6.42 Å². The van der Waals surface area contributed by atoms with Crippen LogP contribution in [0.2, 0.25) is 0 Å². The van der Waals surface area contributed by atoms with E-state index in [2.05, 4.69) is 0 Å². The summed E-state index contributed by atoms with van der Waals surface area (Å²) in [6.07, 6.45) is 0.284. The van der Waals surface area contributed by atoms with Crippen molar-refractivity contribution in [2.75, 3.05) is 18.6 Å². The predicted molar refractivity (Wildman–Crippen MR) is 89.8 cm³/mol. The Balaban J connectivity index is 1.75. The number of anilines is 1. The van der Waals surface area contributed by atoms with Crippen LogP contribution in [-0.2, 0) is 0 Å². The van der Waals surface area contributed by atoms with Crippen LogP contribution in [0, 0.1) is 0 Å². The van der Waals surface area contributed by atoms with Gasteiger partial charge >= 0.3 is 0 Å². The van der Waals surface area contributed by atoms with E-state index in [0.717, 1.165) is 5.39 Å². The molecule has 1 aliphatic heterocycles. The molecule has 0 atom stereocenters. The Hall–Kier alpha value is -3.08. The first-order chi connectivity index (χ1) is 11.7. The first kappa shape index (κ1) is 14.5. The fraction of sp³-hybridized carbons (Fsp3) is 0.158. The fourth-order valence-corrected chi connectivity index (χ4v) is 3.00. The number of carbonyl (C=O) groups is 2. The number of ketones is 1. The number of para-hydroxylation sites is 1. The first-order valence-corrected chi connectivity index (χ1v) is 7.69. The molecular formula is C19H15NO4. The van der Waals surface area contributed by atoms with Crippen molar-refractivity contribution in [3.63, 3.8) is 0 Å². The zero-order chi connectivity index (χ0) is 16.7. The number of furan rings is 1. The number of hydrogen-bond acceptors (Lipinski definition) is 4. The smallest absolute Gasteiger partial charge is 0.294 e. The number of hydrogen-bond donors (Lipinski definition) is 0. The monoisotopic (exact) mass is 321 g/mol. The number of benzene rings is 2. The van der Waals surface area contributed by atoms with Crippen LogP contribution in [-0.4, -0.2) is 25.3 Å². The standard InChI is InChI=1S/C19H15NO4/c1-23-13-6-7-15-14(11-13)16(21)8-9-20(15)19(22)18-10-12-4-2-3-5-17(12)24-18/h2-7,10-11H,8-9H2,1H3. The van der Waals surface area contributed by atoms with Crippen LogP contribution in [0.25, 0.3) is 11.0 Å². The summed E-state index contributed by atoms with van der Waals surface area (Å²) in [5, 5.41) is 0.879. The van der Waals surface area contributed by atoms with E-state index >= 15 is 0 Å². The summed E-state index contributed by atoms with van der Waals surface area (Å²) in [4.78, 5) is 26.7. The summed E-state index contributed by atoms with van der Waals surface area (Å²) in [5.74, 6) is 0.634. The highest BCUT2D eigenvalue weighted by Gasteiger charge is 2.30. The van der Waals surface area contributed by atoms with Gasteiger partial charge in [-0.15, -0.1) is 0 Å². The van der Waals surface area contributed by atoms with Crippen molar-refractivity contribution < 1.29 is 18.7 Å². The number of Topliss-reactive ketones (excluding diaryl/α,β-unsaturated/α-hetero) is 1. The lowest BCUT2D eigenvalue weighted by molar-refractivity contribution is 0.0940. The summed E-state index contributed by atoms with van der Waals surface area (Å²) in [7, 11) is 1.55. The largest absolute Gasteiger partial charge is 0.497 e. The number of rotatable bonds is 2. The van der Waals surface area contributed by atoms with E-state index in [1.165, 1.54) is 0 Å². The molecule has 0 unspecified atom stereocenters. The van der Waals surface area contributed by atoms with Gasteiger partial charge in [-0.25, -0.2) is 0 Å². The highest BCUT2D eigenvalue weighted by Crippen LogP contribution is 2.32. The minimum Gasteiger partial charge on any atom is -0.497 e. The summed E-state index contributed by atoms with van der Waals surface area (Å²) >= 11 is 0. The van der Waals surface area contributed by atoms with Gasteiger partial charge in [0.1, 0.15) is 11.3 Å². The Morgan fingerprint density at radius 2 is 2.00 bits per heavy atom. The Kier molecular flexibility index (Phi) is 3.34. The van der Waals surface area contributed by atoms with Gasteiger partial charge in [0.05, 0.1) is 12.8 Å². The Labute approximate surface area is 138 Å². The number of fused-ring (bicyclic) bond motifs is 2. The zero-order valence-electron chi connectivity index (χ0n) is 13.1. The van der Waals surface area contributed by atoms with Gasteiger partial charge in [-0.2, -0.15) is 0 Å². The van der Waals surface area contributed by atoms with E-state index in [4.69, 9.17) is 9.15 Å². The molecule has 1 aromatic heterocycles. The zero-order valence-corrected chi connectivity index (χ0v) is 13.1. The molecule has 0 bridgehead atoms. The van der Waals surface area contributed by atoms with E-state index in [-0.39, 0.29) is 23.9 Å². The van der Waals surface area contributed by atoms with Gasteiger partial charge in [0.15, 0.2) is 11.5 Å². The molecule has 3 aromatic rings. The summed E-state index contributed by atoms with van der Waals surface area (Å²) in [5.41, 5.74) is 1.77. The van der Waals surface area contributed by atoms with Gasteiger partial charge < -0.3 is 14.1 Å². The van der Waals surface area contributed by atoms with Gasteiger partial charge in [0, 0.05) is 23.9 Å². The maximum atomic E-state index is 12.9. The lowest BCUT2D eigenvalue weighted by Crippen LogP contribution is -2.37. The summed E-state index contributed by atoms with van der Waals surface area (Å²) < 4.78 is 10.8. The van der Waals surface area contributed by atoms with E-state index in [1.807, 2.05) is 24.3 Å². The van der Waals surface area contributed by atoms with Crippen molar-refractivity contribution in [2.24, 2.45) is 0 Å². The van der Waals surface area contributed by atoms with Crippen LogP contribution >= 0.6 is 0 Å². The Morgan fingerprint density at radius 3 is 2.79 bits per heavy atom. The molecule has 0 N–H and O–H groups in total. The van der Waals surface area contributed by atoms with Crippen LogP contribution in [0.1, 0.15) is 27.3 Å². The average Bonchev–Trinajstić information content (AvgIpc) is 3.05. The van der Waals surface area contributed by atoms with Gasteiger partial charge in [-0.1, -0.05) is 18.2 Å². The third-order valence-electron chi connectivity index (χ3n) is 4.24. The van der Waals surface area contributed by atoms with Gasteiger partial charge in [0.2, 0.25) is 0 Å². The van der Waals surface area contributed by atoms with Crippen molar-refractivity contribution in [3.8, 4) is 5.75 Å². The molecule has 0 saturated carbocycles. The topological polar surface area (TPSA) is 59.8 Å². The molecule has 1 amide bonds. The van der Waals surface area contributed by atoms with E-state index in [0.29, 0.717) is 29.1 Å². The maximum absolute atomic E-state index is 12.9. The third-order valence-corrected chi connectivity index (χ3v) is 4.24. The quantitative estimate of drug-likeness (QED) is 0.722. The minimum absolute atomic E-state index is 0.0116.